The van der Waals surface area contributed by atoms with Gasteiger partial charge in [0.25, 0.3) is 0 Å². The number of nitrogens with zero attached hydrogens (tertiary/aromatic N) is 1. The molecule has 3 rings (SSSR count). The average Bonchev–Trinajstić information content (AvgIpc) is 3.27. The topological polar surface area (TPSA) is 23.5 Å². The summed E-state index contributed by atoms with van der Waals surface area (Å²) in [7, 11) is 0. The number of hydrogen-bond donors (Lipinski definition) is 1. The normalized spacial score (nSPS) is 31.6. The highest BCUT2D eigenvalue weighted by Crippen LogP contribution is 2.39. The maximum absolute atomic E-state index is 10.4. The maximum atomic E-state index is 10.4. The Kier molecular flexibility index (Phi) is 3.90. The van der Waals surface area contributed by atoms with E-state index < -0.39 is 0 Å². The van der Waals surface area contributed by atoms with Crippen molar-refractivity contribution in [2.45, 2.75) is 63.1 Å². The summed E-state index contributed by atoms with van der Waals surface area (Å²) < 4.78 is 0. The van der Waals surface area contributed by atoms with Gasteiger partial charge in [-0.05, 0) is 50.1 Å². The monoisotopic (exact) mass is 259 g/mol. The molecule has 0 aromatic heterocycles. The van der Waals surface area contributed by atoms with Gasteiger partial charge in [0.1, 0.15) is 0 Å². The van der Waals surface area contributed by atoms with Gasteiger partial charge < -0.3 is 5.11 Å². The van der Waals surface area contributed by atoms with Gasteiger partial charge in [0, 0.05) is 12.1 Å². The summed E-state index contributed by atoms with van der Waals surface area (Å²) in [6.45, 7) is 3.31. The third-order valence-electron chi connectivity index (χ3n) is 4.86. The van der Waals surface area contributed by atoms with Crippen molar-refractivity contribution in [3.05, 3.63) is 35.9 Å². The van der Waals surface area contributed by atoms with Crippen LogP contribution in [0, 0.1) is 0 Å². The Morgan fingerprint density at radius 1 is 1.11 bits per heavy atom. The predicted octanol–water partition coefficient (Wildman–Crippen LogP) is 3.17. The Bertz CT molecular complexity index is 401. The van der Waals surface area contributed by atoms with Gasteiger partial charge in [0.15, 0.2) is 0 Å². The highest BCUT2D eigenvalue weighted by molar-refractivity contribution is 5.21. The minimum Gasteiger partial charge on any atom is -0.391 e. The number of aliphatic hydroxyl groups is 1. The van der Waals surface area contributed by atoms with Crippen LogP contribution >= 0.6 is 0 Å². The molecule has 0 spiro atoms. The van der Waals surface area contributed by atoms with Crippen LogP contribution in [0.1, 0.15) is 50.5 Å². The highest BCUT2D eigenvalue weighted by Gasteiger charge is 2.39. The molecule has 0 radical (unpaired) electrons. The Hall–Kier alpha value is -0.860. The third-order valence-corrected chi connectivity index (χ3v) is 4.86. The first kappa shape index (κ1) is 13.1. The minimum absolute atomic E-state index is 0.125. The Labute approximate surface area is 116 Å². The van der Waals surface area contributed by atoms with E-state index in [0.717, 1.165) is 31.8 Å². The Morgan fingerprint density at radius 2 is 1.84 bits per heavy atom. The summed E-state index contributed by atoms with van der Waals surface area (Å²) in [6.07, 6.45) is 5.73. The van der Waals surface area contributed by atoms with Gasteiger partial charge in [-0.15, -0.1) is 0 Å². The van der Waals surface area contributed by atoms with Crippen molar-refractivity contribution in [2.75, 3.05) is 6.54 Å². The first-order valence-corrected chi connectivity index (χ1v) is 7.78. The lowest BCUT2D eigenvalue weighted by atomic mass is 9.79. The molecule has 19 heavy (non-hydrogen) atoms. The summed E-state index contributed by atoms with van der Waals surface area (Å²) in [4.78, 5) is 2.56. The summed E-state index contributed by atoms with van der Waals surface area (Å²) in [5.74, 6) is 0.627. The molecule has 1 aromatic rings. The van der Waals surface area contributed by atoms with E-state index in [9.17, 15) is 5.11 Å². The molecule has 1 aromatic carbocycles. The lowest BCUT2D eigenvalue weighted by molar-refractivity contribution is 0.0117. The van der Waals surface area contributed by atoms with Gasteiger partial charge in [0.2, 0.25) is 0 Å². The van der Waals surface area contributed by atoms with Gasteiger partial charge in [-0.3, -0.25) is 4.90 Å². The van der Waals surface area contributed by atoms with E-state index in [1.54, 1.807) is 0 Å². The molecule has 3 unspecified atom stereocenters. The first-order valence-electron chi connectivity index (χ1n) is 7.78. The van der Waals surface area contributed by atoms with E-state index in [0.29, 0.717) is 12.0 Å². The molecule has 0 heterocycles. The molecule has 104 valence electrons. The van der Waals surface area contributed by atoms with E-state index in [1.165, 1.54) is 18.4 Å². The first-order chi connectivity index (χ1) is 9.29. The number of aliphatic hydroxyl groups excluding tert-OH is 1. The SMILES string of the molecule is CCN(C1CC1)C1CC(c2ccccc2)CCC1O. The number of benzene rings is 1. The van der Waals surface area contributed by atoms with Crippen LogP contribution in [0.15, 0.2) is 30.3 Å². The van der Waals surface area contributed by atoms with Crippen LogP contribution in [-0.2, 0) is 0 Å². The second-order valence-electron chi connectivity index (χ2n) is 6.12. The van der Waals surface area contributed by atoms with E-state index in [1.807, 2.05) is 0 Å². The second kappa shape index (κ2) is 5.64. The van der Waals surface area contributed by atoms with Crippen molar-refractivity contribution in [3.63, 3.8) is 0 Å². The Balaban J connectivity index is 1.73. The largest absolute Gasteiger partial charge is 0.391 e. The van der Waals surface area contributed by atoms with Crippen LogP contribution in [-0.4, -0.2) is 34.7 Å². The maximum Gasteiger partial charge on any atom is 0.0695 e. The average molecular weight is 259 g/mol. The molecular formula is C17H25NO. The van der Waals surface area contributed by atoms with Crippen LogP contribution in [0.25, 0.3) is 0 Å². The summed E-state index contributed by atoms with van der Waals surface area (Å²) in [6, 6.07) is 12.0. The van der Waals surface area contributed by atoms with Crippen LogP contribution in [0.2, 0.25) is 0 Å². The van der Waals surface area contributed by atoms with Gasteiger partial charge in [0.05, 0.1) is 6.10 Å². The number of hydrogen-bond acceptors (Lipinski definition) is 2. The van der Waals surface area contributed by atoms with Crippen LogP contribution < -0.4 is 0 Å². The van der Waals surface area contributed by atoms with E-state index in [2.05, 4.69) is 42.2 Å². The van der Waals surface area contributed by atoms with Crippen molar-refractivity contribution >= 4 is 0 Å². The molecule has 2 nitrogen and oxygen atoms in total. The predicted molar refractivity (Wildman–Crippen MR) is 78.2 cm³/mol. The second-order valence-corrected chi connectivity index (χ2v) is 6.12. The highest BCUT2D eigenvalue weighted by atomic mass is 16.3. The molecule has 3 atom stereocenters. The smallest absolute Gasteiger partial charge is 0.0695 e. The standard InChI is InChI=1S/C17H25NO/c1-2-18(15-9-10-15)16-12-14(8-11-17(16)19)13-6-4-3-5-7-13/h3-7,14-17,19H,2,8-12H2,1H3. The fourth-order valence-corrected chi connectivity index (χ4v) is 3.68. The molecule has 0 aliphatic heterocycles. The summed E-state index contributed by atoms with van der Waals surface area (Å²) >= 11 is 0. The molecule has 2 aliphatic rings. The number of rotatable bonds is 4. The lowest BCUT2D eigenvalue weighted by Crippen LogP contribution is -2.48. The van der Waals surface area contributed by atoms with E-state index >= 15 is 0 Å². The zero-order valence-electron chi connectivity index (χ0n) is 11.8. The van der Waals surface area contributed by atoms with E-state index in [4.69, 9.17) is 0 Å². The van der Waals surface area contributed by atoms with Crippen molar-refractivity contribution < 1.29 is 5.11 Å². The molecule has 1 N–H and O–H groups in total. The minimum atomic E-state index is -0.125. The van der Waals surface area contributed by atoms with Gasteiger partial charge in [-0.2, -0.15) is 0 Å². The van der Waals surface area contributed by atoms with Crippen molar-refractivity contribution in [3.8, 4) is 0 Å². The fraction of sp³-hybridized carbons (Fsp3) is 0.647. The molecule has 0 bridgehead atoms. The number of likely N-dealkylation sites (N-methyl/N-ethyl adjacent to an activating group) is 1. The zero-order valence-corrected chi connectivity index (χ0v) is 11.8. The van der Waals surface area contributed by atoms with Gasteiger partial charge in [-0.25, -0.2) is 0 Å². The fourth-order valence-electron chi connectivity index (χ4n) is 3.68. The summed E-state index contributed by atoms with van der Waals surface area (Å²) in [5, 5.41) is 10.4. The molecular weight excluding hydrogens is 234 g/mol. The zero-order chi connectivity index (χ0) is 13.2. The summed E-state index contributed by atoms with van der Waals surface area (Å²) in [5.41, 5.74) is 1.45. The van der Waals surface area contributed by atoms with Crippen molar-refractivity contribution in [1.29, 1.82) is 0 Å². The van der Waals surface area contributed by atoms with Crippen molar-refractivity contribution in [1.82, 2.24) is 4.90 Å². The van der Waals surface area contributed by atoms with Crippen molar-refractivity contribution in [2.24, 2.45) is 0 Å². The molecule has 2 heteroatoms. The van der Waals surface area contributed by atoms with Crippen LogP contribution in [0.5, 0.6) is 0 Å². The molecule has 0 amide bonds. The molecule has 2 fully saturated rings. The molecule has 2 aliphatic carbocycles. The molecule has 0 saturated heterocycles. The van der Waals surface area contributed by atoms with Crippen LogP contribution in [0.3, 0.4) is 0 Å². The van der Waals surface area contributed by atoms with E-state index in [-0.39, 0.29) is 6.10 Å². The van der Waals surface area contributed by atoms with Crippen LogP contribution in [0.4, 0.5) is 0 Å². The molecule has 2 saturated carbocycles. The quantitative estimate of drug-likeness (QED) is 0.898. The third kappa shape index (κ3) is 2.85. The van der Waals surface area contributed by atoms with Gasteiger partial charge >= 0.3 is 0 Å². The lowest BCUT2D eigenvalue weighted by Gasteiger charge is -2.40. The Morgan fingerprint density at radius 3 is 2.47 bits per heavy atom. The van der Waals surface area contributed by atoms with Gasteiger partial charge in [-0.1, -0.05) is 37.3 Å².